The molecule has 4 rings (SSSR count). The monoisotopic (exact) mass is 562 g/mol. The third kappa shape index (κ3) is 6.43. The number of alkyl halides is 3. The van der Waals surface area contributed by atoms with E-state index in [0.717, 1.165) is 34.5 Å². The maximum Gasteiger partial charge on any atom is 0.416 e. The van der Waals surface area contributed by atoms with Crippen LogP contribution in [0.25, 0.3) is 0 Å². The van der Waals surface area contributed by atoms with Gasteiger partial charge in [-0.05, 0) is 60.7 Å². The zero-order valence-corrected chi connectivity index (χ0v) is 23.1. The van der Waals surface area contributed by atoms with Crippen molar-refractivity contribution in [2.75, 3.05) is 5.75 Å². The van der Waals surface area contributed by atoms with Crippen molar-refractivity contribution in [1.29, 1.82) is 0 Å². The SMILES string of the molecule is CCS(O)(O)c1cnc(CNC(=O)c2cnc3c(c2)CN(Cc2ccc(C(F)(F)F)cc2)[C@H]3C(C)C)c(C)c1. The molecule has 3 N–H and O–H groups in total. The van der Waals surface area contributed by atoms with Crippen LogP contribution < -0.4 is 5.32 Å². The van der Waals surface area contributed by atoms with Crippen molar-refractivity contribution in [2.45, 2.75) is 64.4 Å². The van der Waals surface area contributed by atoms with Gasteiger partial charge in [-0.15, -0.1) is 0 Å². The molecule has 7 nitrogen and oxygen atoms in total. The minimum Gasteiger partial charge on any atom is -0.346 e. The molecular weight excluding hydrogens is 529 g/mol. The lowest BCUT2D eigenvalue weighted by atomic mass is 9.99. The van der Waals surface area contributed by atoms with Gasteiger partial charge in [0.25, 0.3) is 5.91 Å². The summed E-state index contributed by atoms with van der Waals surface area (Å²) in [5.74, 6) is 0.0985. The van der Waals surface area contributed by atoms with Crippen molar-refractivity contribution in [3.05, 3.63) is 88.0 Å². The van der Waals surface area contributed by atoms with Gasteiger partial charge < -0.3 is 5.32 Å². The van der Waals surface area contributed by atoms with Crippen LogP contribution in [-0.2, 0) is 25.8 Å². The molecule has 39 heavy (non-hydrogen) atoms. The minimum atomic E-state index is -4.37. The van der Waals surface area contributed by atoms with Crippen molar-refractivity contribution < 1.29 is 27.1 Å². The lowest BCUT2D eigenvalue weighted by molar-refractivity contribution is -0.137. The molecule has 0 fully saturated rings. The Kier molecular flexibility index (Phi) is 8.36. The number of hydrogen-bond donors (Lipinski definition) is 3. The van der Waals surface area contributed by atoms with Crippen LogP contribution in [-0.4, -0.2) is 35.6 Å². The number of fused-ring (bicyclic) bond motifs is 1. The third-order valence-corrected chi connectivity index (χ3v) is 8.75. The average molecular weight is 563 g/mol. The fourth-order valence-corrected chi connectivity index (χ4v) is 5.75. The van der Waals surface area contributed by atoms with Crippen LogP contribution in [0.15, 0.2) is 53.7 Å². The molecule has 0 spiro atoms. The molecule has 3 heterocycles. The van der Waals surface area contributed by atoms with Gasteiger partial charge in [0.15, 0.2) is 0 Å². The molecular formula is C28H33F3N4O3S. The molecule has 0 saturated heterocycles. The molecule has 210 valence electrons. The van der Waals surface area contributed by atoms with E-state index in [4.69, 9.17) is 0 Å². The fourth-order valence-electron chi connectivity index (χ4n) is 4.83. The summed E-state index contributed by atoms with van der Waals surface area (Å²) in [7, 11) is -2.87. The summed E-state index contributed by atoms with van der Waals surface area (Å²) >= 11 is 0. The van der Waals surface area contributed by atoms with E-state index in [0.29, 0.717) is 29.2 Å². The Hall–Kier alpha value is -2.99. The molecule has 1 amide bonds. The van der Waals surface area contributed by atoms with Gasteiger partial charge in [-0.2, -0.15) is 23.8 Å². The first-order valence-electron chi connectivity index (χ1n) is 12.7. The Labute approximate surface area is 227 Å². The lowest BCUT2D eigenvalue weighted by Gasteiger charge is -2.30. The van der Waals surface area contributed by atoms with E-state index in [1.807, 2.05) is 6.07 Å². The van der Waals surface area contributed by atoms with Crippen LogP contribution in [0.5, 0.6) is 0 Å². The van der Waals surface area contributed by atoms with E-state index in [2.05, 4.69) is 34.0 Å². The number of amides is 1. The Morgan fingerprint density at radius 1 is 1.15 bits per heavy atom. The fraction of sp³-hybridized carbons (Fsp3) is 0.393. The number of aryl methyl sites for hydroxylation is 1. The smallest absolute Gasteiger partial charge is 0.346 e. The number of nitrogens with zero attached hydrogens (tertiary/aromatic N) is 3. The zero-order valence-electron chi connectivity index (χ0n) is 22.3. The Morgan fingerprint density at radius 2 is 1.85 bits per heavy atom. The standard InChI is InChI=1S/C28H33F3N4O3S/c1-5-39(37,38)23-10-18(4)24(32-13-23)14-34-27(36)20-11-21-16-35(26(17(2)3)25(21)33-12-20)15-19-6-8-22(9-7-19)28(29,30)31/h6-13,17,26,37-38H,5,14-16H2,1-4H3,(H,34,36)/t26-/m0/s1. The van der Waals surface area contributed by atoms with E-state index in [-0.39, 0.29) is 30.2 Å². The predicted octanol–water partition coefficient (Wildman–Crippen LogP) is 6.58. The maximum atomic E-state index is 12.9. The van der Waals surface area contributed by atoms with Crippen LogP contribution in [0.2, 0.25) is 0 Å². The van der Waals surface area contributed by atoms with E-state index in [1.54, 1.807) is 26.1 Å². The molecule has 1 aromatic carbocycles. The van der Waals surface area contributed by atoms with Crippen molar-refractivity contribution in [2.24, 2.45) is 5.92 Å². The molecule has 0 bridgehead atoms. The quantitative estimate of drug-likeness (QED) is 0.287. The largest absolute Gasteiger partial charge is 0.416 e. The van der Waals surface area contributed by atoms with Crippen molar-refractivity contribution in [1.82, 2.24) is 20.2 Å². The summed E-state index contributed by atoms with van der Waals surface area (Å²) in [5.41, 5.74) is 3.65. The topological polar surface area (TPSA) is 98.6 Å². The summed E-state index contributed by atoms with van der Waals surface area (Å²) in [6.45, 7) is 8.80. The van der Waals surface area contributed by atoms with Gasteiger partial charge in [0.1, 0.15) is 0 Å². The molecule has 2 aromatic heterocycles. The molecule has 1 atom stereocenters. The van der Waals surface area contributed by atoms with Crippen molar-refractivity contribution in [3.8, 4) is 0 Å². The molecule has 0 aliphatic carbocycles. The summed E-state index contributed by atoms with van der Waals surface area (Å²) in [6, 6.07) is 8.68. The highest BCUT2D eigenvalue weighted by Gasteiger charge is 2.35. The molecule has 0 saturated carbocycles. The first-order valence-corrected chi connectivity index (χ1v) is 14.4. The van der Waals surface area contributed by atoms with E-state index < -0.39 is 22.3 Å². The minimum absolute atomic E-state index is 0.0276. The van der Waals surface area contributed by atoms with Crippen LogP contribution in [0.1, 0.15) is 70.8 Å². The molecule has 0 radical (unpaired) electrons. The average Bonchev–Trinajstić information content (AvgIpc) is 3.24. The number of benzene rings is 1. The highest BCUT2D eigenvalue weighted by Crippen LogP contribution is 2.47. The maximum absolute atomic E-state index is 12.9. The first kappa shape index (κ1) is 29.0. The number of rotatable bonds is 8. The summed E-state index contributed by atoms with van der Waals surface area (Å²) < 4.78 is 59.1. The van der Waals surface area contributed by atoms with Crippen LogP contribution in [0.4, 0.5) is 13.2 Å². The number of halogens is 3. The lowest BCUT2D eigenvalue weighted by Crippen LogP contribution is -2.26. The highest BCUT2D eigenvalue weighted by atomic mass is 32.3. The summed E-state index contributed by atoms with van der Waals surface area (Å²) in [4.78, 5) is 24.4. The van der Waals surface area contributed by atoms with Gasteiger partial charge >= 0.3 is 6.18 Å². The van der Waals surface area contributed by atoms with Crippen LogP contribution >= 0.6 is 10.6 Å². The second kappa shape index (κ2) is 11.2. The van der Waals surface area contributed by atoms with E-state index in [9.17, 15) is 27.1 Å². The third-order valence-electron chi connectivity index (χ3n) is 6.97. The normalized spacial score (nSPS) is 16.4. The van der Waals surface area contributed by atoms with Crippen LogP contribution in [0, 0.1) is 12.8 Å². The van der Waals surface area contributed by atoms with Gasteiger partial charge in [0.05, 0.1) is 46.2 Å². The van der Waals surface area contributed by atoms with Gasteiger partial charge in [-0.1, -0.05) is 26.0 Å². The molecule has 3 aromatic rings. The Morgan fingerprint density at radius 3 is 2.44 bits per heavy atom. The van der Waals surface area contributed by atoms with E-state index in [1.165, 1.54) is 18.3 Å². The number of pyridine rings is 2. The Bertz CT molecular complexity index is 1350. The Balaban J connectivity index is 1.46. The molecule has 1 aliphatic heterocycles. The van der Waals surface area contributed by atoms with Gasteiger partial charge in [-0.25, -0.2) is 0 Å². The highest BCUT2D eigenvalue weighted by molar-refractivity contribution is 8.24. The predicted molar refractivity (Wildman–Crippen MR) is 144 cm³/mol. The number of aromatic nitrogens is 2. The van der Waals surface area contributed by atoms with Gasteiger partial charge in [0.2, 0.25) is 0 Å². The summed E-state index contributed by atoms with van der Waals surface area (Å²) in [5, 5.41) is 2.86. The van der Waals surface area contributed by atoms with Gasteiger partial charge in [0, 0.05) is 25.0 Å². The molecule has 11 heteroatoms. The van der Waals surface area contributed by atoms with Crippen molar-refractivity contribution >= 4 is 16.5 Å². The second-order valence-corrected chi connectivity index (χ2v) is 12.5. The van der Waals surface area contributed by atoms with E-state index >= 15 is 0 Å². The van der Waals surface area contributed by atoms with Crippen LogP contribution in [0.3, 0.4) is 0 Å². The number of carbonyl (C=O) groups excluding carboxylic acids is 1. The molecule has 0 unspecified atom stereocenters. The number of nitrogens with one attached hydrogen (secondary N) is 1. The number of hydrogen-bond acceptors (Lipinski definition) is 6. The van der Waals surface area contributed by atoms with Gasteiger partial charge in [-0.3, -0.25) is 28.8 Å². The zero-order chi connectivity index (χ0) is 28.5. The first-order chi connectivity index (χ1) is 18.3. The number of carbonyl (C=O) groups is 1. The molecule has 1 aliphatic rings. The second-order valence-electron chi connectivity index (χ2n) is 10.1. The van der Waals surface area contributed by atoms with Crippen molar-refractivity contribution in [3.63, 3.8) is 0 Å². The summed E-state index contributed by atoms with van der Waals surface area (Å²) in [6.07, 6.45) is -1.39.